The minimum atomic E-state index is -1.36. The van der Waals surface area contributed by atoms with Crippen LogP contribution in [0, 0.1) is 5.21 Å². The third kappa shape index (κ3) is 2.40. The minimum absolute atomic E-state index is 0.143. The van der Waals surface area contributed by atoms with E-state index < -0.39 is 11.2 Å². The van der Waals surface area contributed by atoms with E-state index in [-0.39, 0.29) is 5.75 Å². The summed E-state index contributed by atoms with van der Waals surface area (Å²) < 4.78 is 12.9. The Balaban J connectivity index is 1.87. The van der Waals surface area contributed by atoms with E-state index in [1.807, 2.05) is 24.3 Å². The Kier molecular flexibility index (Phi) is 3.10. The summed E-state index contributed by atoms with van der Waals surface area (Å²) in [5.41, 5.74) is 2.07. The van der Waals surface area contributed by atoms with Gasteiger partial charge in [-0.05, 0) is 18.2 Å². The molecular weight excluding hydrogens is 262 g/mol. The van der Waals surface area contributed by atoms with Crippen molar-refractivity contribution in [1.82, 2.24) is 9.97 Å². The Morgan fingerprint density at radius 2 is 1.95 bits per heavy atom. The zero-order valence-corrected chi connectivity index (χ0v) is 10.8. The van der Waals surface area contributed by atoms with Crippen molar-refractivity contribution < 1.29 is 9.28 Å². The highest BCUT2D eigenvalue weighted by molar-refractivity contribution is 7.90. The number of para-hydroxylation sites is 2. The van der Waals surface area contributed by atoms with Crippen molar-refractivity contribution in [3.05, 3.63) is 59.6 Å². The van der Waals surface area contributed by atoms with Crippen molar-refractivity contribution in [2.75, 3.05) is 0 Å². The zero-order valence-electron chi connectivity index (χ0n) is 9.95. The van der Waals surface area contributed by atoms with E-state index in [4.69, 9.17) is 0 Å². The van der Waals surface area contributed by atoms with E-state index in [1.165, 1.54) is 6.20 Å². The third-order valence-corrected chi connectivity index (χ3v) is 3.95. The van der Waals surface area contributed by atoms with E-state index in [0.29, 0.717) is 10.9 Å². The van der Waals surface area contributed by atoms with E-state index in [2.05, 4.69) is 9.97 Å². The molecule has 0 saturated heterocycles. The van der Waals surface area contributed by atoms with Gasteiger partial charge in [-0.2, -0.15) is 9.71 Å². The van der Waals surface area contributed by atoms with Gasteiger partial charge in [0.15, 0.2) is 11.9 Å². The van der Waals surface area contributed by atoms with Crippen molar-refractivity contribution in [2.24, 2.45) is 0 Å². The second kappa shape index (κ2) is 4.91. The predicted molar refractivity (Wildman–Crippen MR) is 71.6 cm³/mol. The summed E-state index contributed by atoms with van der Waals surface area (Å²) >= 11 is -1.36. The Morgan fingerprint density at radius 1 is 1.16 bits per heavy atom. The molecule has 0 saturated carbocycles. The van der Waals surface area contributed by atoms with Crippen molar-refractivity contribution >= 4 is 22.2 Å². The average Bonchev–Trinajstić information content (AvgIpc) is 2.85. The molecule has 0 spiro atoms. The summed E-state index contributed by atoms with van der Waals surface area (Å²) in [5.74, 6) is 0.143. The van der Waals surface area contributed by atoms with Crippen molar-refractivity contribution in [3.63, 3.8) is 0 Å². The largest absolute Gasteiger partial charge is 0.618 e. The number of pyridine rings is 1. The first-order chi connectivity index (χ1) is 9.24. The van der Waals surface area contributed by atoms with Gasteiger partial charge in [0.05, 0.1) is 11.0 Å². The number of rotatable bonds is 3. The molecule has 0 radical (unpaired) electrons. The Bertz CT molecular complexity index is 681. The molecule has 1 unspecified atom stereocenters. The molecule has 1 atom stereocenters. The molecule has 6 heteroatoms. The van der Waals surface area contributed by atoms with Gasteiger partial charge in [0.1, 0.15) is 0 Å². The summed E-state index contributed by atoms with van der Waals surface area (Å²) in [6.07, 6.45) is 1.39. The van der Waals surface area contributed by atoms with E-state index >= 15 is 0 Å². The zero-order chi connectivity index (χ0) is 13.2. The van der Waals surface area contributed by atoms with Gasteiger partial charge < -0.3 is 9.76 Å². The summed E-state index contributed by atoms with van der Waals surface area (Å²) in [4.78, 5) is 7.28. The van der Waals surface area contributed by atoms with Gasteiger partial charge in [-0.3, -0.25) is 4.98 Å². The van der Waals surface area contributed by atoms with Crippen molar-refractivity contribution in [3.8, 4) is 0 Å². The number of nitrogens with one attached hydrogen (secondary N) is 1. The van der Waals surface area contributed by atoms with E-state index in [0.717, 1.165) is 15.8 Å². The van der Waals surface area contributed by atoms with Crippen LogP contribution in [0.3, 0.4) is 0 Å². The smallest absolute Gasteiger partial charge is 0.322 e. The van der Waals surface area contributed by atoms with Crippen LogP contribution in [0.25, 0.3) is 11.0 Å². The van der Waals surface area contributed by atoms with Gasteiger partial charge in [-0.1, -0.05) is 12.1 Å². The normalized spacial score (nSPS) is 12.7. The lowest BCUT2D eigenvalue weighted by Crippen LogP contribution is -2.32. The summed E-state index contributed by atoms with van der Waals surface area (Å²) in [5, 5.41) is 11.9. The molecular formula is C13H11N3O2S. The number of aromatic amines is 1. The number of aromatic nitrogens is 3. The fourth-order valence-electron chi connectivity index (χ4n) is 1.82. The number of fused-ring (bicyclic) bond motifs is 1. The maximum Gasteiger partial charge on any atom is 0.322 e. The number of H-pyrrole nitrogens is 1. The van der Waals surface area contributed by atoms with Crippen LogP contribution >= 0.6 is 0 Å². The Morgan fingerprint density at radius 3 is 2.74 bits per heavy atom. The number of hydrogen-bond donors (Lipinski definition) is 1. The van der Waals surface area contributed by atoms with Gasteiger partial charge in [0.25, 0.3) is 0 Å². The first-order valence-corrected chi connectivity index (χ1v) is 7.06. The summed E-state index contributed by atoms with van der Waals surface area (Å²) in [6, 6.07) is 12.5. The van der Waals surface area contributed by atoms with Crippen LogP contribution in [-0.2, 0) is 16.9 Å². The molecule has 19 heavy (non-hydrogen) atoms. The average molecular weight is 273 g/mol. The molecule has 3 aromatic rings. The van der Waals surface area contributed by atoms with E-state index in [1.54, 1.807) is 18.2 Å². The lowest BCUT2D eigenvalue weighted by Gasteiger charge is -2.06. The van der Waals surface area contributed by atoms with Crippen molar-refractivity contribution in [2.45, 2.75) is 10.9 Å². The van der Waals surface area contributed by atoms with Crippen LogP contribution in [0.4, 0.5) is 0 Å². The maximum atomic E-state index is 12.2. The molecule has 0 aliphatic carbocycles. The van der Waals surface area contributed by atoms with Gasteiger partial charge in [0, 0.05) is 23.3 Å². The molecule has 2 heterocycles. The minimum Gasteiger partial charge on any atom is -0.618 e. The second-order valence-corrected chi connectivity index (χ2v) is 5.43. The van der Waals surface area contributed by atoms with E-state index in [9.17, 15) is 9.76 Å². The quantitative estimate of drug-likeness (QED) is 0.446. The molecule has 0 amide bonds. The highest BCUT2D eigenvalue weighted by atomic mass is 32.2. The second-order valence-electron chi connectivity index (χ2n) is 4.07. The first-order valence-electron chi connectivity index (χ1n) is 5.74. The van der Waals surface area contributed by atoms with Crippen LogP contribution in [0.15, 0.2) is 53.8 Å². The highest BCUT2D eigenvalue weighted by Gasteiger charge is 2.21. The van der Waals surface area contributed by atoms with Crippen LogP contribution < -0.4 is 4.73 Å². The topological polar surface area (TPSA) is 78.7 Å². The molecule has 2 aromatic heterocycles. The molecule has 1 N–H and O–H groups in total. The lowest BCUT2D eigenvalue weighted by molar-refractivity contribution is -0.612. The van der Waals surface area contributed by atoms with Gasteiger partial charge in [-0.15, -0.1) is 0 Å². The summed E-state index contributed by atoms with van der Waals surface area (Å²) in [7, 11) is 0. The lowest BCUT2D eigenvalue weighted by atomic mass is 10.3. The molecule has 3 rings (SSSR count). The number of imidazole rings is 1. The molecule has 0 aliphatic heterocycles. The Hall–Kier alpha value is -2.05. The van der Waals surface area contributed by atoms with Crippen LogP contribution in [0.2, 0.25) is 0 Å². The monoisotopic (exact) mass is 273 g/mol. The van der Waals surface area contributed by atoms with Crippen LogP contribution in [-0.4, -0.2) is 14.5 Å². The maximum absolute atomic E-state index is 12.2. The van der Waals surface area contributed by atoms with Crippen molar-refractivity contribution in [1.29, 1.82) is 0 Å². The van der Waals surface area contributed by atoms with Gasteiger partial charge >= 0.3 is 5.16 Å². The number of benzene rings is 1. The molecule has 0 bridgehead atoms. The Labute approximate surface area is 112 Å². The van der Waals surface area contributed by atoms with Gasteiger partial charge in [0.2, 0.25) is 5.69 Å². The fraction of sp³-hybridized carbons (Fsp3) is 0.0769. The highest BCUT2D eigenvalue weighted by Crippen LogP contribution is 2.16. The van der Waals surface area contributed by atoms with Gasteiger partial charge in [-0.25, -0.2) is 0 Å². The van der Waals surface area contributed by atoms with Crippen LogP contribution in [0.1, 0.15) is 5.69 Å². The number of nitrogens with zero attached hydrogens (tertiary/aromatic N) is 2. The molecule has 0 aliphatic rings. The number of hydrogen-bond acceptors (Lipinski definition) is 3. The molecule has 1 aromatic carbocycles. The molecule has 96 valence electrons. The van der Waals surface area contributed by atoms with Crippen LogP contribution in [0.5, 0.6) is 0 Å². The fourth-order valence-corrected chi connectivity index (χ4v) is 2.87. The summed E-state index contributed by atoms with van der Waals surface area (Å²) in [6.45, 7) is 0. The standard InChI is InChI=1S/C13H11N3O2S/c17-16-8-4-3-5-10(16)9-19(18)13-14-11-6-1-2-7-12(11)15-13/h1-8H,9H2,(H,14,15). The first kappa shape index (κ1) is 12.0. The molecule has 5 nitrogen and oxygen atoms in total. The predicted octanol–water partition coefficient (Wildman–Crippen LogP) is 1.50. The third-order valence-electron chi connectivity index (χ3n) is 2.77. The SMILES string of the molecule is [O-][n+]1ccccc1C[S+]([O-])c1nc2ccccc2[nH]1. The molecule has 0 fully saturated rings.